The molecule has 0 aromatic carbocycles. The van der Waals surface area contributed by atoms with Gasteiger partial charge in [-0.2, -0.15) is 11.8 Å². The van der Waals surface area contributed by atoms with Gasteiger partial charge in [-0.25, -0.2) is 4.98 Å². The van der Waals surface area contributed by atoms with Gasteiger partial charge in [0, 0.05) is 18.5 Å². The second-order valence-electron chi connectivity index (χ2n) is 5.52. The number of thioether (sulfide) groups is 1. The Morgan fingerprint density at radius 1 is 1.38 bits per heavy atom. The average molecular weight is 328 g/mol. The lowest BCUT2D eigenvalue weighted by molar-refractivity contribution is 0.0737. The molecule has 0 spiro atoms. The number of nitrogens with two attached hydrogens (primary N) is 1. The molecule has 4 nitrogen and oxygen atoms in total. The molecule has 1 amide bonds. The number of hydrogen-bond donors (Lipinski definition) is 1. The van der Waals surface area contributed by atoms with Gasteiger partial charge in [-0.05, 0) is 31.3 Å². The van der Waals surface area contributed by atoms with Crippen LogP contribution in [0, 0.1) is 0 Å². The van der Waals surface area contributed by atoms with Crippen LogP contribution in [0.15, 0.2) is 5.38 Å². The summed E-state index contributed by atoms with van der Waals surface area (Å²) in [4.78, 5) is 19.0. The first-order valence-corrected chi connectivity index (χ1v) is 9.99. The Bertz CT molecular complexity index is 442. The zero-order valence-corrected chi connectivity index (χ0v) is 14.3. The van der Waals surface area contributed by atoms with Crippen molar-refractivity contribution in [2.75, 3.05) is 25.1 Å². The summed E-state index contributed by atoms with van der Waals surface area (Å²) in [6, 6.07) is -0.0451. The van der Waals surface area contributed by atoms with E-state index in [-0.39, 0.29) is 11.9 Å². The Morgan fingerprint density at radius 3 is 2.71 bits per heavy atom. The lowest BCUT2D eigenvalue weighted by atomic mass is 10.1. The summed E-state index contributed by atoms with van der Waals surface area (Å²) in [7, 11) is 0. The normalized spacial score (nSPS) is 18.1. The highest BCUT2D eigenvalue weighted by atomic mass is 32.2. The molecule has 1 aliphatic heterocycles. The van der Waals surface area contributed by atoms with Crippen molar-refractivity contribution in [1.82, 2.24) is 9.88 Å². The van der Waals surface area contributed by atoms with Crippen LogP contribution < -0.4 is 5.73 Å². The third-order valence-electron chi connectivity index (χ3n) is 3.83. The van der Waals surface area contributed by atoms with E-state index in [4.69, 9.17) is 5.73 Å². The van der Waals surface area contributed by atoms with Crippen molar-refractivity contribution in [2.24, 2.45) is 5.73 Å². The minimum absolute atomic E-state index is 0.0451. The van der Waals surface area contributed by atoms with E-state index in [0.717, 1.165) is 43.1 Å². The maximum absolute atomic E-state index is 12.5. The number of nitrogens with zero attached hydrogens (tertiary/aromatic N) is 2. The SMILES string of the molecule is CSCCC(N)c1nc(C(=O)N2CCCCCCC2)cs1. The number of thiazole rings is 1. The van der Waals surface area contributed by atoms with Crippen molar-refractivity contribution in [1.29, 1.82) is 0 Å². The highest BCUT2D eigenvalue weighted by molar-refractivity contribution is 7.98. The Morgan fingerprint density at radius 2 is 2.05 bits per heavy atom. The third-order valence-corrected chi connectivity index (χ3v) is 5.46. The topological polar surface area (TPSA) is 59.2 Å². The molecule has 2 heterocycles. The molecule has 0 saturated carbocycles. The molecule has 1 unspecified atom stereocenters. The second-order valence-corrected chi connectivity index (χ2v) is 7.39. The quantitative estimate of drug-likeness (QED) is 0.901. The van der Waals surface area contributed by atoms with E-state index < -0.39 is 0 Å². The first kappa shape index (κ1) is 16.8. The number of hydrogen-bond acceptors (Lipinski definition) is 5. The second kappa shape index (κ2) is 8.76. The van der Waals surface area contributed by atoms with Gasteiger partial charge in [0.1, 0.15) is 10.7 Å². The van der Waals surface area contributed by atoms with Crippen LogP contribution in [0.3, 0.4) is 0 Å². The lowest BCUT2D eigenvalue weighted by Crippen LogP contribution is -2.34. The standard InChI is InChI=1S/C15H25N3OS2/c1-20-10-7-12(16)14-17-13(11-21-14)15(19)18-8-5-3-2-4-6-9-18/h11-12H,2-10,16H2,1H3. The van der Waals surface area contributed by atoms with Gasteiger partial charge in [0.05, 0.1) is 6.04 Å². The molecule has 2 rings (SSSR count). The molecular formula is C15H25N3OS2. The van der Waals surface area contributed by atoms with E-state index >= 15 is 0 Å². The molecule has 1 atom stereocenters. The van der Waals surface area contributed by atoms with Crippen molar-refractivity contribution >= 4 is 29.0 Å². The first-order chi connectivity index (χ1) is 10.2. The molecule has 0 aliphatic carbocycles. The number of likely N-dealkylation sites (tertiary alicyclic amines) is 1. The van der Waals surface area contributed by atoms with Gasteiger partial charge in [0.2, 0.25) is 0 Å². The zero-order chi connectivity index (χ0) is 15.1. The summed E-state index contributed by atoms with van der Waals surface area (Å²) in [5.74, 6) is 1.10. The van der Waals surface area contributed by atoms with Crippen LogP contribution in [-0.2, 0) is 0 Å². The summed E-state index contributed by atoms with van der Waals surface area (Å²) >= 11 is 3.30. The minimum atomic E-state index is -0.0451. The van der Waals surface area contributed by atoms with Crippen LogP contribution in [0.25, 0.3) is 0 Å². The average Bonchev–Trinajstić information content (AvgIpc) is 2.93. The highest BCUT2D eigenvalue weighted by Gasteiger charge is 2.20. The van der Waals surface area contributed by atoms with Crippen LogP contribution in [0.4, 0.5) is 0 Å². The fourth-order valence-electron chi connectivity index (χ4n) is 2.54. The van der Waals surface area contributed by atoms with Crippen molar-refractivity contribution in [3.63, 3.8) is 0 Å². The summed E-state index contributed by atoms with van der Waals surface area (Å²) in [5.41, 5.74) is 6.71. The first-order valence-electron chi connectivity index (χ1n) is 7.71. The molecule has 6 heteroatoms. The molecule has 1 aromatic rings. The Labute approximate surface area is 135 Å². The zero-order valence-electron chi connectivity index (χ0n) is 12.7. The van der Waals surface area contributed by atoms with Crippen LogP contribution in [0.5, 0.6) is 0 Å². The maximum atomic E-state index is 12.5. The van der Waals surface area contributed by atoms with Crippen LogP contribution in [0.1, 0.15) is 60.1 Å². The summed E-state index contributed by atoms with van der Waals surface area (Å²) in [5, 5.41) is 2.76. The van der Waals surface area contributed by atoms with Crippen molar-refractivity contribution in [3.05, 3.63) is 16.1 Å². The van der Waals surface area contributed by atoms with E-state index in [2.05, 4.69) is 11.2 Å². The molecule has 21 heavy (non-hydrogen) atoms. The fourth-order valence-corrected chi connectivity index (χ4v) is 3.86. The van der Waals surface area contributed by atoms with Crippen LogP contribution in [0.2, 0.25) is 0 Å². The molecular weight excluding hydrogens is 302 g/mol. The summed E-state index contributed by atoms with van der Waals surface area (Å²) in [6.45, 7) is 1.73. The molecule has 1 aliphatic rings. The van der Waals surface area contributed by atoms with Gasteiger partial charge in [-0.1, -0.05) is 19.3 Å². The monoisotopic (exact) mass is 327 g/mol. The largest absolute Gasteiger partial charge is 0.337 e. The lowest BCUT2D eigenvalue weighted by Gasteiger charge is -2.23. The summed E-state index contributed by atoms with van der Waals surface area (Å²) < 4.78 is 0. The number of carbonyl (C=O) groups is 1. The number of rotatable bonds is 5. The van der Waals surface area contributed by atoms with E-state index in [1.807, 2.05) is 10.3 Å². The van der Waals surface area contributed by atoms with Crippen LogP contribution >= 0.6 is 23.1 Å². The van der Waals surface area contributed by atoms with Gasteiger partial charge >= 0.3 is 0 Å². The van der Waals surface area contributed by atoms with E-state index in [1.165, 1.54) is 30.6 Å². The van der Waals surface area contributed by atoms with Crippen LogP contribution in [-0.4, -0.2) is 40.9 Å². The van der Waals surface area contributed by atoms with E-state index in [0.29, 0.717) is 5.69 Å². The minimum Gasteiger partial charge on any atom is -0.337 e. The predicted molar refractivity (Wildman–Crippen MR) is 91.0 cm³/mol. The number of carbonyl (C=O) groups excluding carboxylic acids is 1. The van der Waals surface area contributed by atoms with Gasteiger partial charge in [-0.3, -0.25) is 4.79 Å². The Kier molecular flexibility index (Phi) is 6.99. The molecule has 0 radical (unpaired) electrons. The van der Waals surface area contributed by atoms with Crippen molar-refractivity contribution < 1.29 is 4.79 Å². The maximum Gasteiger partial charge on any atom is 0.273 e. The molecule has 2 N–H and O–H groups in total. The summed E-state index contributed by atoms with van der Waals surface area (Å²) in [6.07, 6.45) is 8.95. The fraction of sp³-hybridized carbons (Fsp3) is 0.733. The van der Waals surface area contributed by atoms with Gasteiger partial charge in [-0.15, -0.1) is 11.3 Å². The number of amides is 1. The van der Waals surface area contributed by atoms with Crippen molar-refractivity contribution in [2.45, 2.75) is 44.6 Å². The Balaban J connectivity index is 1.97. The molecule has 118 valence electrons. The van der Waals surface area contributed by atoms with Gasteiger partial charge in [0.15, 0.2) is 0 Å². The van der Waals surface area contributed by atoms with Gasteiger partial charge < -0.3 is 10.6 Å². The van der Waals surface area contributed by atoms with E-state index in [1.54, 1.807) is 11.8 Å². The van der Waals surface area contributed by atoms with Crippen molar-refractivity contribution in [3.8, 4) is 0 Å². The molecule has 1 fully saturated rings. The smallest absolute Gasteiger partial charge is 0.273 e. The Hall–Kier alpha value is -0.590. The van der Waals surface area contributed by atoms with E-state index in [9.17, 15) is 4.79 Å². The molecule has 1 aromatic heterocycles. The number of aromatic nitrogens is 1. The predicted octanol–water partition coefficient (Wildman–Crippen LogP) is 3.30. The molecule has 1 saturated heterocycles. The van der Waals surface area contributed by atoms with Gasteiger partial charge in [0.25, 0.3) is 5.91 Å². The highest BCUT2D eigenvalue weighted by Crippen LogP contribution is 2.22. The third kappa shape index (κ3) is 4.97. The molecule has 0 bridgehead atoms.